The Labute approximate surface area is 191 Å². The molecule has 31 heavy (non-hydrogen) atoms. The largest absolute Gasteiger partial charge is 0.481 e. The van der Waals surface area contributed by atoms with Crippen LogP contribution in [0, 0.1) is 17.8 Å². The summed E-state index contributed by atoms with van der Waals surface area (Å²) in [6.07, 6.45) is 1.82. The average Bonchev–Trinajstić information content (AvgIpc) is 3.26. The number of alkyl halides is 1. The van der Waals surface area contributed by atoms with E-state index in [1.54, 1.807) is 11.0 Å². The highest BCUT2D eigenvalue weighted by Crippen LogP contribution is 2.60. The summed E-state index contributed by atoms with van der Waals surface area (Å²) in [5.74, 6) is -3.61. The molecule has 0 aromatic carbocycles. The van der Waals surface area contributed by atoms with Gasteiger partial charge in [-0.1, -0.05) is 35.9 Å². The number of hydrogen-bond acceptors (Lipinski definition) is 5. The lowest BCUT2D eigenvalue weighted by atomic mass is 9.70. The van der Waals surface area contributed by atoms with Crippen molar-refractivity contribution in [1.82, 2.24) is 9.80 Å². The molecule has 3 saturated heterocycles. The molecule has 7 atom stereocenters. The van der Waals surface area contributed by atoms with Crippen LogP contribution >= 0.6 is 15.9 Å². The first-order valence-corrected chi connectivity index (χ1v) is 11.8. The second kappa shape index (κ2) is 8.83. The molecule has 0 aromatic heterocycles. The number of fused-ring (bicyclic) bond motifs is 1. The first kappa shape index (κ1) is 24.2. The van der Waals surface area contributed by atoms with Crippen LogP contribution in [0.1, 0.15) is 40.5 Å². The third-order valence-corrected chi connectivity index (χ3v) is 7.67. The fraction of sp³-hybridized carbons (Fsp3) is 0.773. The highest BCUT2D eigenvalue weighted by Gasteiger charge is 2.77. The molecule has 2 N–H and O–H groups in total. The van der Waals surface area contributed by atoms with Crippen LogP contribution in [0.3, 0.4) is 0 Å². The highest BCUT2D eigenvalue weighted by atomic mass is 79.9. The second-order valence-corrected chi connectivity index (χ2v) is 10.8. The molecule has 3 fully saturated rings. The van der Waals surface area contributed by atoms with Crippen LogP contribution in [-0.2, 0) is 19.1 Å². The van der Waals surface area contributed by atoms with Crippen molar-refractivity contribution in [3.05, 3.63) is 12.7 Å². The van der Waals surface area contributed by atoms with Gasteiger partial charge in [0.05, 0.1) is 30.6 Å². The van der Waals surface area contributed by atoms with E-state index in [1.807, 2.05) is 27.7 Å². The lowest BCUT2D eigenvalue weighted by molar-refractivity contribution is -0.154. The van der Waals surface area contributed by atoms with Crippen LogP contribution in [-0.4, -0.2) is 85.6 Å². The Morgan fingerprint density at radius 3 is 2.52 bits per heavy atom. The molecule has 0 saturated carbocycles. The van der Waals surface area contributed by atoms with Crippen molar-refractivity contribution in [2.75, 3.05) is 13.2 Å². The molecular formula is C22H33BrN2O6. The number of carboxylic acids is 1. The van der Waals surface area contributed by atoms with Crippen molar-refractivity contribution in [2.45, 2.75) is 75.2 Å². The van der Waals surface area contributed by atoms with Gasteiger partial charge in [0.1, 0.15) is 11.6 Å². The Bertz CT molecular complexity index is 758. The molecule has 2 amide bonds. The Morgan fingerprint density at radius 2 is 2.03 bits per heavy atom. The lowest BCUT2D eigenvalue weighted by Gasteiger charge is -2.40. The van der Waals surface area contributed by atoms with Gasteiger partial charge in [-0.25, -0.2) is 0 Å². The zero-order valence-electron chi connectivity index (χ0n) is 18.5. The number of ether oxygens (including phenoxy) is 1. The number of nitrogens with zero attached hydrogens (tertiary/aromatic N) is 2. The molecule has 3 aliphatic rings. The van der Waals surface area contributed by atoms with E-state index in [4.69, 9.17) is 4.74 Å². The van der Waals surface area contributed by atoms with Crippen molar-refractivity contribution in [3.63, 3.8) is 0 Å². The third kappa shape index (κ3) is 3.72. The Hall–Kier alpha value is -1.45. The number of carbonyl (C=O) groups is 3. The summed E-state index contributed by atoms with van der Waals surface area (Å²) < 4.78 is 6.27. The summed E-state index contributed by atoms with van der Waals surface area (Å²) in [6, 6.07) is -1.73. The maximum atomic E-state index is 13.9. The molecule has 2 bridgehead atoms. The monoisotopic (exact) mass is 500 g/mol. The minimum atomic E-state index is -1.23. The molecule has 3 unspecified atom stereocenters. The van der Waals surface area contributed by atoms with Crippen molar-refractivity contribution < 1.29 is 29.3 Å². The lowest BCUT2D eigenvalue weighted by Crippen LogP contribution is -2.60. The van der Waals surface area contributed by atoms with Crippen molar-refractivity contribution in [1.29, 1.82) is 0 Å². The van der Waals surface area contributed by atoms with Gasteiger partial charge < -0.3 is 24.7 Å². The Morgan fingerprint density at radius 1 is 1.39 bits per heavy atom. The first-order chi connectivity index (χ1) is 14.5. The molecule has 0 aliphatic carbocycles. The van der Waals surface area contributed by atoms with E-state index in [0.717, 1.165) is 0 Å². The smallest absolute Gasteiger partial charge is 0.310 e. The maximum Gasteiger partial charge on any atom is 0.310 e. The normalized spacial score (nSPS) is 35.0. The zero-order valence-corrected chi connectivity index (χ0v) is 20.1. The molecule has 1 spiro atoms. The fourth-order valence-electron chi connectivity index (χ4n) is 5.69. The SMILES string of the molecule is C=CCN(C(=O)C1N([C@@H](CO)CC(C)C)C(=O)[C@@H]2[C@@H](C(=O)O)[C@@H]3OC12CC3Br)C(C)C. The van der Waals surface area contributed by atoms with Crippen LogP contribution in [0.25, 0.3) is 0 Å². The molecule has 8 nitrogen and oxygen atoms in total. The molecule has 3 heterocycles. The number of amides is 2. The summed E-state index contributed by atoms with van der Waals surface area (Å²) in [6.45, 7) is 11.5. The van der Waals surface area contributed by atoms with Gasteiger partial charge in [-0.15, -0.1) is 6.58 Å². The number of hydrogen-bond donors (Lipinski definition) is 2. The topological polar surface area (TPSA) is 107 Å². The van der Waals surface area contributed by atoms with Crippen LogP contribution in [0.4, 0.5) is 0 Å². The maximum absolute atomic E-state index is 13.9. The number of carboxylic acid groups (broad SMARTS) is 1. The highest BCUT2D eigenvalue weighted by molar-refractivity contribution is 9.09. The summed E-state index contributed by atoms with van der Waals surface area (Å²) in [4.78, 5) is 42.6. The molecule has 174 valence electrons. The van der Waals surface area contributed by atoms with E-state index in [-0.39, 0.29) is 29.3 Å². The van der Waals surface area contributed by atoms with Gasteiger partial charge >= 0.3 is 5.97 Å². The van der Waals surface area contributed by atoms with E-state index in [2.05, 4.69) is 22.5 Å². The minimum Gasteiger partial charge on any atom is -0.481 e. The first-order valence-electron chi connectivity index (χ1n) is 10.9. The number of carbonyl (C=O) groups excluding carboxylic acids is 2. The van der Waals surface area contributed by atoms with Gasteiger partial charge in [-0.3, -0.25) is 14.4 Å². The second-order valence-electron chi connectivity index (χ2n) is 9.59. The van der Waals surface area contributed by atoms with Crippen LogP contribution < -0.4 is 0 Å². The van der Waals surface area contributed by atoms with E-state index in [9.17, 15) is 24.6 Å². The summed E-state index contributed by atoms with van der Waals surface area (Å²) in [5.41, 5.74) is -1.23. The molecule has 3 rings (SSSR count). The number of likely N-dealkylation sites (tertiary alicyclic amines) is 1. The summed E-state index contributed by atoms with van der Waals surface area (Å²) >= 11 is 3.53. The van der Waals surface area contributed by atoms with Crippen molar-refractivity contribution >= 4 is 33.7 Å². The number of halogens is 1. The van der Waals surface area contributed by atoms with Crippen LogP contribution in [0.5, 0.6) is 0 Å². The third-order valence-electron chi connectivity index (χ3n) is 6.83. The van der Waals surface area contributed by atoms with E-state index in [1.165, 1.54) is 4.90 Å². The quantitative estimate of drug-likeness (QED) is 0.368. The molecule has 0 radical (unpaired) electrons. The summed E-state index contributed by atoms with van der Waals surface area (Å²) in [7, 11) is 0. The van der Waals surface area contributed by atoms with Gasteiger partial charge in [0.25, 0.3) is 0 Å². The van der Waals surface area contributed by atoms with Gasteiger partial charge in [-0.2, -0.15) is 0 Å². The minimum absolute atomic E-state index is 0.149. The van der Waals surface area contributed by atoms with Crippen molar-refractivity contribution in [3.8, 4) is 0 Å². The number of aliphatic hydroxyl groups is 1. The van der Waals surface area contributed by atoms with Gasteiger partial charge in [-0.05, 0) is 32.6 Å². The van der Waals surface area contributed by atoms with Gasteiger partial charge in [0.15, 0.2) is 0 Å². The number of aliphatic carboxylic acids is 1. The molecule has 0 aromatic rings. The van der Waals surface area contributed by atoms with E-state index < -0.39 is 47.5 Å². The van der Waals surface area contributed by atoms with Crippen LogP contribution in [0.15, 0.2) is 12.7 Å². The standard InChI is InChI=1S/C22H33BrN2O6/c1-6-7-24(12(4)5)20(28)18-22-9-14(23)17(31-22)15(21(29)30)16(22)19(27)25(18)13(10-26)8-11(2)3/h6,11-18,26H,1,7-10H2,2-5H3,(H,29,30)/t13-,14?,15-,16+,17-,18?,22?/m1/s1. The van der Waals surface area contributed by atoms with Gasteiger partial charge in [0, 0.05) is 17.4 Å². The predicted octanol–water partition coefficient (Wildman–Crippen LogP) is 1.65. The van der Waals surface area contributed by atoms with E-state index >= 15 is 0 Å². The molecule has 9 heteroatoms. The average molecular weight is 501 g/mol. The number of aliphatic hydroxyl groups excluding tert-OH is 1. The molecular weight excluding hydrogens is 468 g/mol. The zero-order chi connectivity index (χ0) is 23.2. The Kier molecular flexibility index (Phi) is 6.89. The predicted molar refractivity (Wildman–Crippen MR) is 118 cm³/mol. The summed E-state index contributed by atoms with van der Waals surface area (Å²) in [5, 5.41) is 20.1. The Balaban J connectivity index is 2.14. The van der Waals surface area contributed by atoms with Gasteiger partial charge in [0.2, 0.25) is 11.8 Å². The molecule has 3 aliphatic heterocycles. The van der Waals surface area contributed by atoms with Crippen LogP contribution in [0.2, 0.25) is 0 Å². The number of rotatable bonds is 9. The fourth-order valence-corrected chi connectivity index (χ4v) is 6.64. The van der Waals surface area contributed by atoms with E-state index in [0.29, 0.717) is 19.4 Å². The van der Waals surface area contributed by atoms with Crippen molar-refractivity contribution in [2.24, 2.45) is 17.8 Å².